The summed E-state index contributed by atoms with van der Waals surface area (Å²) in [5, 5.41) is 3.28. The molecule has 0 spiro atoms. The molecule has 0 heterocycles. The zero-order chi connectivity index (χ0) is 20.3. The number of carbonyl (C=O) groups excluding carboxylic acids is 2. The van der Waals surface area contributed by atoms with Gasteiger partial charge in [-0.3, -0.25) is 9.59 Å². The number of nitrogens with zero attached hydrogens (tertiary/aromatic N) is 1. The predicted molar refractivity (Wildman–Crippen MR) is 112 cm³/mol. The van der Waals surface area contributed by atoms with Crippen molar-refractivity contribution >= 4 is 11.8 Å². The Bertz CT molecular complexity index is 701. The molecule has 2 amide bonds. The molecular formula is C24H38N2O2. The number of allylic oxidation sites excluding steroid dienone is 1. The minimum Gasteiger partial charge on any atom is -0.353 e. The van der Waals surface area contributed by atoms with Gasteiger partial charge >= 0.3 is 0 Å². The summed E-state index contributed by atoms with van der Waals surface area (Å²) < 4.78 is 0. The van der Waals surface area contributed by atoms with Crippen molar-refractivity contribution in [3.05, 3.63) is 11.6 Å². The van der Waals surface area contributed by atoms with Crippen molar-refractivity contribution in [2.75, 3.05) is 7.05 Å². The van der Waals surface area contributed by atoms with E-state index in [1.165, 1.54) is 32.1 Å². The lowest BCUT2D eigenvalue weighted by molar-refractivity contribution is -0.130. The van der Waals surface area contributed by atoms with Crippen molar-refractivity contribution in [1.82, 2.24) is 10.2 Å². The number of amides is 2. The molecule has 7 atom stereocenters. The molecule has 0 aromatic rings. The molecule has 0 aliphatic heterocycles. The van der Waals surface area contributed by atoms with E-state index >= 15 is 0 Å². The first-order chi connectivity index (χ1) is 13.2. The van der Waals surface area contributed by atoms with Gasteiger partial charge in [0.2, 0.25) is 11.8 Å². The van der Waals surface area contributed by atoms with Gasteiger partial charge in [-0.2, -0.15) is 0 Å². The van der Waals surface area contributed by atoms with Crippen LogP contribution < -0.4 is 5.32 Å². The Labute approximate surface area is 170 Å². The molecule has 0 aromatic carbocycles. The molecule has 0 aromatic heterocycles. The van der Waals surface area contributed by atoms with Crippen molar-refractivity contribution in [3.8, 4) is 0 Å². The third-order valence-electron chi connectivity index (χ3n) is 9.50. The molecule has 4 heteroatoms. The molecule has 4 rings (SSSR count). The zero-order valence-electron chi connectivity index (χ0n) is 18.4. The lowest BCUT2D eigenvalue weighted by Crippen LogP contribution is -2.54. The molecule has 4 nitrogen and oxygen atoms in total. The van der Waals surface area contributed by atoms with Gasteiger partial charge in [-0.05, 0) is 80.0 Å². The maximum Gasteiger partial charge on any atom is 0.219 e. The zero-order valence-corrected chi connectivity index (χ0v) is 18.4. The topological polar surface area (TPSA) is 49.4 Å². The fourth-order valence-electron chi connectivity index (χ4n) is 7.71. The van der Waals surface area contributed by atoms with E-state index in [9.17, 15) is 9.59 Å². The van der Waals surface area contributed by atoms with Crippen LogP contribution in [0.25, 0.3) is 0 Å². The van der Waals surface area contributed by atoms with E-state index in [4.69, 9.17) is 0 Å². The van der Waals surface area contributed by atoms with Gasteiger partial charge in [0, 0.05) is 33.0 Å². The molecule has 28 heavy (non-hydrogen) atoms. The van der Waals surface area contributed by atoms with Crippen molar-refractivity contribution < 1.29 is 9.59 Å². The fourth-order valence-corrected chi connectivity index (χ4v) is 7.71. The monoisotopic (exact) mass is 386 g/mol. The Morgan fingerprint density at radius 2 is 1.82 bits per heavy atom. The van der Waals surface area contributed by atoms with Crippen LogP contribution in [0.5, 0.6) is 0 Å². The predicted octanol–water partition coefficient (Wildman–Crippen LogP) is 4.30. The lowest BCUT2D eigenvalue weighted by atomic mass is 9.47. The van der Waals surface area contributed by atoms with Crippen LogP contribution in [0.15, 0.2) is 11.6 Å². The van der Waals surface area contributed by atoms with E-state index in [0.29, 0.717) is 17.5 Å². The average Bonchev–Trinajstić information content (AvgIpc) is 2.96. The van der Waals surface area contributed by atoms with Crippen molar-refractivity contribution in [2.45, 2.75) is 91.1 Å². The highest BCUT2D eigenvalue weighted by Crippen LogP contribution is 2.64. The summed E-state index contributed by atoms with van der Waals surface area (Å²) in [7, 11) is 1.97. The van der Waals surface area contributed by atoms with Gasteiger partial charge in [-0.1, -0.05) is 25.5 Å². The quantitative estimate of drug-likeness (QED) is 0.719. The molecule has 1 N–H and O–H groups in total. The first-order valence-electron chi connectivity index (χ1n) is 11.4. The van der Waals surface area contributed by atoms with E-state index in [0.717, 1.165) is 37.0 Å². The molecule has 0 bridgehead atoms. The highest BCUT2D eigenvalue weighted by atomic mass is 16.2. The van der Waals surface area contributed by atoms with E-state index < -0.39 is 0 Å². The maximum atomic E-state index is 11.9. The standard InChI is InChI=1S/C24H38N2O2/c1-15(27)25-22-9-8-20-19-7-6-17-14-18(26(5)16(2)28)10-12-23(17,3)21(19)11-13-24(20,22)4/h6,18-22H,7-14H2,1-5H3,(H,25,27)/t18-,19-,20-,21-,22-,23-,24-/m0/s1. The summed E-state index contributed by atoms with van der Waals surface area (Å²) in [5.41, 5.74) is 2.20. The van der Waals surface area contributed by atoms with Crippen LogP contribution in [-0.4, -0.2) is 35.8 Å². The smallest absolute Gasteiger partial charge is 0.219 e. The summed E-state index contributed by atoms with van der Waals surface area (Å²) in [5.74, 6) is 2.57. The van der Waals surface area contributed by atoms with E-state index in [-0.39, 0.29) is 17.2 Å². The highest BCUT2D eigenvalue weighted by Gasteiger charge is 2.58. The lowest BCUT2D eigenvalue weighted by Gasteiger charge is -2.58. The number of hydrogen-bond acceptors (Lipinski definition) is 2. The second kappa shape index (κ2) is 6.88. The number of rotatable bonds is 2. The van der Waals surface area contributed by atoms with Gasteiger partial charge in [-0.25, -0.2) is 0 Å². The first-order valence-corrected chi connectivity index (χ1v) is 11.4. The molecule has 0 radical (unpaired) electrons. The van der Waals surface area contributed by atoms with Gasteiger partial charge in [-0.15, -0.1) is 0 Å². The number of carbonyl (C=O) groups is 2. The first kappa shape index (κ1) is 20.0. The van der Waals surface area contributed by atoms with Crippen LogP contribution in [0.2, 0.25) is 0 Å². The van der Waals surface area contributed by atoms with Gasteiger partial charge in [0.05, 0.1) is 0 Å². The summed E-state index contributed by atoms with van der Waals surface area (Å²) in [4.78, 5) is 25.5. The molecule has 3 fully saturated rings. The summed E-state index contributed by atoms with van der Waals surface area (Å²) in [6, 6.07) is 0.729. The fraction of sp³-hybridized carbons (Fsp3) is 0.833. The minimum atomic E-state index is 0.125. The van der Waals surface area contributed by atoms with Crippen molar-refractivity contribution in [1.29, 1.82) is 0 Å². The molecule has 4 aliphatic carbocycles. The molecule has 156 valence electrons. The summed E-state index contributed by atoms with van der Waals surface area (Å²) in [6.07, 6.45) is 12.1. The third kappa shape index (κ3) is 2.93. The molecule has 0 unspecified atom stereocenters. The Kier molecular flexibility index (Phi) is 4.91. The Morgan fingerprint density at radius 1 is 1.07 bits per heavy atom. The second-order valence-corrected chi connectivity index (χ2v) is 10.7. The maximum absolute atomic E-state index is 11.9. The number of nitrogens with one attached hydrogen (secondary N) is 1. The van der Waals surface area contributed by atoms with E-state index in [1.54, 1.807) is 19.4 Å². The molecule has 4 aliphatic rings. The van der Waals surface area contributed by atoms with Crippen LogP contribution in [0.4, 0.5) is 0 Å². The van der Waals surface area contributed by atoms with Crippen LogP contribution in [0.3, 0.4) is 0 Å². The molecular weight excluding hydrogens is 348 g/mol. The Morgan fingerprint density at radius 3 is 2.50 bits per heavy atom. The number of fused-ring (bicyclic) bond motifs is 5. The van der Waals surface area contributed by atoms with Gasteiger partial charge in [0.25, 0.3) is 0 Å². The largest absolute Gasteiger partial charge is 0.353 e. The van der Waals surface area contributed by atoms with Crippen LogP contribution >= 0.6 is 0 Å². The Balaban J connectivity index is 1.56. The molecule has 3 saturated carbocycles. The van der Waals surface area contributed by atoms with Crippen molar-refractivity contribution in [2.24, 2.45) is 28.6 Å². The number of hydrogen-bond donors (Lipinski definition) is 1. The molecule has 0 saturated heterocycles. The van der Waals surface area contributed by atoms with Crippen LogP contribution in [0.1, 0.15) is 79.1 Å². The summed E-state index contributed by atoms with van der Waals surface area (Å²) in [6.45, 7) is 8.31. The second-order valence-electron chi connectivity index (χ2n) is 10.7. The summed E-state index contributed by atoms with van der Waals surface area (Å²) >= 11 is 0. The van der Waals surface area contributed by atoms with Gasteiger partial charge in [0.1, 0.15) is 0 Å². The van der Waals surface area contributed by atoms with Crippen LogP contribution in [-0.2, 0) is 9.59 Å². The minimum absolute atomic E-state index is 0.125. The third-order valence-corrected chi connectivity index (χ3v) is 9.50. The highest BCUT2D eigenvalue weighted by molar-refractivity contribution is 5.73. The normalized spacial score (nSPS) is 44.6. The average molecular weight is 387 g/mol. The van der Waals surface area contributed by atoms with Crippen LogP contribution in [0, 0.1) is 28.6 Å². The SMILES string of the molecule is CC(=O)N[C@H]1CC[C@H]2[C@@H]3CC=C4C[C@@H](N(C)C(C)=O)CC[C@]4(C)[C@H]3CC[C@]12C. The van der Waals surface area contributed by atoms with E-state index in [1.807, 2.05) is 11.9 Å². The Hall–Kier alpha value is -1.32. The van der Waals surface area contributed by atoms with Crippen molar-refractivity contribution in [3.63, 3.8) is 0 Å². The van der Waals surface area contributed by atoms with Gasteiger partial charge in [0.15, 0.2) is 0 Å². The van der Waals surface area contributed by atoms with Gasteiger partial charge < -0.3 is 10.2 Å². The van der Waals surface area contributed by atoms with E-state index in [2.05, 4.69) is 25.2 Å².